The van der Waals surface area contributed by atoms with Crippen LogP contribution in [0.25, 0.3) is 0 Å². The summed E-state index contributed by atoms with van der Waals surface area (Å²) in [6.45, 7) is 24.5. The molecule has 7 saturated heterocycles. The lowest BCUT2D eigenvalue weighted by atomic mass is 10.1. The minimum atomic E-state index is -2.93. The van der Waals surface area contributed by atoms with Crippen molar-refractivity contribution in [3.8, 4) is 18.2 Å². The molecule has 5 N–H and O–H groups in total. The van der Waals surface area contributed by atoms with Crippen LogP contribution in [0, 0.1) is 34.0 Å². The van der Waals surface area contributed by atoms with E-state index < -0.39 is 24.7 Å². The van der Waals surface area contributed by atoms with Gasteiger partial charge in [-0.25, -0.2) is 4.67 Å². The van der Waals surface area contributed by atoms with Gasteiger partial charge in [0, 0.05) is 119 Å². The third-order valence-electron chi connectivity index (χ3n) is 15.2. The van der Waals surface area contributed by atoms with Crippen molar-refractivity contribution in [3.05, 3.63) is 0 Å². The second-order valence-corrected chi connectivity index (χ2v) is 28.2. The third kappa shape index (κ3) is 38.8. The fraction of sp³-hybridized carbons (Fsp3) is 0.939. The minimum Gasteiger partial charge on any atom is -0.400 e. The third-order valence-corrected chi connectivity index (χ3v) is 20.3. The van der Waals surface area contributed by atoms with Crippen LogP contribution in [0.4, 0.5) is 0 Å². The van der Waals surface area contributed by atoms with Gasteiger partial charge in [0.1, 0.15) is 18.3 Å². The van der Waals surface area contributed by atoms with Crippen molar-refractivity contribution in [1.82, 2.24) is 4.67 Å². The SMILES string of the molecule is CO[C@@H]1C[C@H](C)O[C@@H]1CO.[2H]C[C@H]1O[C@@H](C)C[C@H]1OC.[2H]C[C@H]1O[C@@H](C)C[C@H]1OP(=C)(OCCC#N)OC[C@H]1O[C@@H](C)C[C@H]1OC.[2H]C[C@H]1O[C@@H](C)C[C@H]1OP(OCCC#N)N(C(C)C)C(C)C.[2H]C[C@H]1O[C@@H](C)C[C@H]1OP(OCCC#N)OC[C@H]1O[C@@H](C)C[C@H]1OC.[3H]OC.[3H]OC.[3H]OC.[3H]OC. The van der Waals surface area contributed by atoms with Gasteiger partial charge in [-0.15, -0.1) is 0 Å². The second kappa shape index (κ2) is 57.0. The largest absolute Gasteiger partial charge is 0.400 e. The maximum absolute atomic E-state index is 8.78. The predicted molar refractivity (Wildman–Crippen MR) is 373 cm³/mol. The summed E-state index contributed by atoms with van der Waals surface area (Å²) in [5, 5.41) is 48.9. The molecule has 0 spiro atoms. The number of hydrogen-bond donors (Lipinski definition) is 5. The Hall–Kier alpha value is -1.37. The molecule has 0 bridgehead atoms. The summed E-state index contributed by atoms with van der Waals surface area (Å²) in [5.74, 6) is 0. The van der Waals surface area contributed by atoms with Crippen molar-refractivity contribution in [3.63, 3.8) is 0 Å². The zero-order valence-electron chi connectivity index (χ0n) is 69.6. The van der Waals surface area contributed by atoms with Crippen molar-refractivity contribution in [2.75, 3.05) is 96.5 Å². The van der Waals surface area contributed by atoms with E-state index in [0.29, 0.717) is 39.4 Å². The van der Waals surface area contributed by atoms with Gasteiger partial charge in [0.05, 0.1) is 187 Å². The van der Waals surface area contributed by atoms with Crippen LogP contribution in [-0.2, 0) is 88.3 Å². The van der Waals surface area contributed by atoms with Crippen molar-refractivity contribution >= 4 is 31.0 Å². The Balaban J connectivity index is 0. The molecular formula is C66H131N4O24P3. The molecule has 24 atom stereocenters. The van der Waals surface area contributed by atoms with Crippen LogP contribution in [0.1, 0.15) is 173 Å². The van der Waals surface area contributed by atoms with Crippen molar-refractivity contribution in [1.29, 1.82) is 21.5 Å². The monoisotopic (exact) mass is 1470 g/mol. The number of methoxy groups -OCH3 is 4. The molecule has 28 nitrogen and oxygen atoms in total. The van der Waals surface area contributed by atoms with Crippen LogP contribution in [0.5, 0.6) is 0 Å². The van der Waals surface area contributed by atoms with E-state index in [2.05, 4.69) is 65.2 Å². The normalized spacial score (nSPS) is 34.5. The second-order valence-electron chi connectivity index (χ2n) is 23.7. The van der Waals surface area contributed by atoms with E-state index in [1.807, 2.05) is 60.6 Å². The first-order chi connectivity index (χ1) is 50.1. The number of ether oxygens (including phenoxy) is 11. The molecule has 31 heteroatoms. The van der Waals surface area contributed by atoms with E-state index >= 15 is 0 Å². The van der Waals surface area contributed by atoms with Crippen LogP contribution < -0.4 is 0 Å². The van der Waals surface area contributed by atoms with Gasteiger partial charge >= 0.3 is 8.60 Å². The topological polar surface area (TPSA) is 351 Å². The molecule has 0 radical (unpaired) electrons. The minimum absolute atomic E-state index is 0.000000000000000444. The van der Waals surface area contributed by atoms with Gasteiger partial charge in [-0.05, 0) is 110 Å². The molecule has 97 heavy (non-hydrogen) atoms. The zero-order chi connectivity index (χ0) is 80.0. The number of aliphatic hydroxyl groups excluding tert-OH is 5. The molecule has 0 amide bonds. The van der Waals surface area contributed by atoms with Gasteiger partial charge in [0.2, 0.25) is 5.72 Å². The summed E-state index contributed by atoms with van der Waals surface area (Å²) in [7, 11) is 5.98. The molecule has 0 aliphatic carbocycles. The summed E-state index contributed by atoms with van der Waals surface area (Å²) >= 11 is 0. The number of hydrogen-bond acceptors (Lipinski definition) is 28. The van der Waals surface area contributed by atoms with Gasteiger partial charge in [-0.3, -0.25) is 0 Å². The maximum Gasteiger partial charge on any atom is 0.333 e. The lowest BCUT2D eigenvalue weighted by molar-refractivity contribution is -0.0332. The summed E-state index contributed by atoms with van der Waals surface area (Å²) in [5.41, 5.74) is 0. The first-order valence-electron chi connectivity index (χ1n) is 37.4. The van der Waals surface area contributed by atoms with Crippen LogP contribution >= 0.6 is 24.7 Å². The summed E-state index contributed by atoms with van der Waals surface area (Å²) in [6, 6.07) is 6.73. The molecule has 7 rings (SSSR count). The molecule has 0 aromatic heterocycles. The highest BCUT2D eigenvalue weighted by Crippen LogP contribution is 2.53. The first kappa shape index (κ1) is 82.9. The maximum atomic E-state index is 8.78. The Bertz CT molecular complexity index is 2210. The van der Waals surface area contributed by atoms with Gasteiger partial charge < -0.3 is 114 Å². The zero-order valence-corrected chi connectivity index (χ0v) is 64.3. The molecule has 7 aliphatic rings. The number of nitriles is 3. The Labute approximate surface area is 597 Å². The van der Waals surface area contributed by atoms with Crippen molar-refractivity contribution in [2.24, 2.45) is 0 Å². The fourth-order valence-electron chi connectivity index (χ4n) is 10.9. The highest BCUT2D eigenvalue weighted by atomic mass is 31.2. The quantitative estimate of drug-likeness (QED) is 0.0343. The van der Waals surface area contributed by atoms with Crippen LogP contribution in [0.3, 0.4) is 0 Å². The van der Waals surface area contributed by atoms with Crippen LogP contribution in [0.2, 0.25) is 0 Å². The lowest BCUT2D eigenvalue weighted by Crippen LogP contribution is -2.35. The van der Waals surface area contributed by atoms with E-state index in [9.17, 15) is 0 Å². The van der Waals surface area contributed by atoms with Gasteiger partial charge in [-0.1, -0.05) is 0 Å². The Morgan fingerprint density at radius 1 is 0.495 bits per heavy atom. The van der Waals surface area contributed by atoms with Crippen molar-refractivity contribution < 1.29 is 119 Å². The van der Waals surface area contributed by atoms with Gasteiger partial charge in [0.25, 0.3) is 16.1 Å². The molecule has 7 aliphatic heterocycles. The van der Waals surface area contributed by atoms with E-state index in [4.69, 9.17) is 120 Å². The van der Waals surface area contributed by atoms with Gasteiger partial charge in [0.15, 0.2) is 0 Å². The Kier molecular flexibility index (Phi) is 48.7. The van der Waals surface area contributed by atoms with E-state index in [1.54, 1.807) is 28.4 Å². The number of nitrogens with zero attached hydrogens (tertiary/aromatic N) is 4. The number of aliphatic hydroxyl groups is 5. The molecule has 3 unspecified atom stereocenters. The summed E-state index contributed by atoms with van der Waals surface area (Å²) in [6.07, 6.45) is 9.60. The average molecular weight is 1470 g/mol. The molecular weight excluding hydrogens is 1330 g/mol. The standard InChI is InChI=1S/C17H30NO6P.C16H28NO6P.C15H29N2O3P.C7H14O3.C7H14O2.4CH4O/c1-12-9-15(14(3)22-12)24-25(5,20-8-6-7-18)21-11-17-16(19-4)10-13(2)23-17;1-11-8-14(13(3)21-11)23-24(19-7-5-6-17)20-10-16-15(18-4)9-12(2)22-16;1-11(2)17(12(3)4)21(18-9-7-8-16)20-15-10-13(5)19-14(15)6;1-5-3-6(9-2)7(4-8)10-5;1-5-4-7(8-3)6(2)9-5;4*1-2/h12-17H,5-6,8-11H2,1-4H3;11-16H,5,7-10H2,1-4H3;11-15H,7,9-10H2,1-6H3;5-8H,3-4H2,1-2H3;5-7H,4H2,1-3H3;4*2H,1H3/t12-,13-,14+,15+,16+,17+,25?;11-,12-,13+,14+,15+,16+,24?;13-,14+,15+,21?;2*5-,6+,7+;;;;/m00000..../s1/i2*3D;6D;;2D;4*2T. The number of rotatable bonds is 29. The molecule has 0 saturated carbocycles. The molecule has 0 aromatic carbocycles. The smallest absolute Gasteiger partial charge is 0.333 e. The van der Waals surface area contributed by atoms with E-state index in [1.165, 1.54) is 28.4 Å². The summed E-state index contributed by atoms with van der Waals surface area (Å²) < 4.78 is 163. The van der Waals surface area contributed by atoms with E-state index in [-0.39, 0.29) is 200 Å². The highest BCUT2D eigenvalue weighted by molar-refractivity contribution is 7.59. The van der Waals surface area contributed by atoms with Gasteiger partial charge in [-0.2, -0.15) is 15.8 Å². The average Bonchev–Trinajstić information content (AvgIpc) is 1.83. The molecule has 7 heterocycles. The molecule has 574 valence electrons. The summed E-state index contributed by atoms with van der Waals surface area (Å²) in [4.78, 5) is 0. The Morgan fingerprint density at radius 2 is 0.835 bits per heavy atom. The molecule has 0 aromatic rings. The lowest BCUT2D eigenvalue weighted by Gasteiger charge is -2.37. The Morgan fingerprint density at radius 3 is 1.23 bits per heavy atom. The highest BCUT2D eigenvalue weighted by Gasteiger charge is 2.41. The molecule has 7 fully saturated rings. The predicted octanol–water partition coefficient (Wildman–Crippen LogP) is 9.49. The fourth-order valence-corrected chi connectivity index (χ4v) is 15.3. The van der Waals surface area contributed by atoms with Crippen molar-refractivity contribution in [2.45, 2.75) is 308 Å². The van der Waals surface area contributed by atoms with Crippen LogP contribution in [-0.4, -0.2) is 279 Å². The first-order valence-corrected chi connectivity index (χ1v) is 36.9. The van der Waals surface area contributed by atoms with E-state index in [0.717, 1.165) is 32.1 Å². The van der Waals surface area contributed by atoms with Crippen LogP contribution in [0.15, 0.2) is 0 Å².